The number of carbonyl (C=O) groups excluding carboxylic acids is 1. The van der Waals surface area contributed by atoms with Crippen LogP contribution in [0.4, 0.5) is 0 Å². The van der Waals surface area contributed by atoms with E-state index in [2.05, 4.69) is 24.3 Å². The van der Waals surface area contributed by atoms with Crippen LogP contribution in [0.15, 0.2) is 126 Å². The molecule has 0 fully saturated rings. The van der Waals surface area contributed by atoms with Gasteiger partial charge >= 0.3 is 0 Å². The summed E-state index contributed by atoms with van der Waals surface area (Å²) in [5, 5.41) is 0. The van der Waals surface area contributed by atoms with Gasteiger partial charge in [0.2, 0.25) is 5.91 Å². The van der Waals surface area contributed by atoms with E-state index in [1.807, 2.05) is 102 Å². The van der Waals surface area contributed by atoms with Crippen molar-refractivity contribution in [2.45, 2.75) is 18.5 Å². The Hall–Kier alpha value is -3.98. The molecule has 1 heterocycles. The third kappa shape index (κ3) is 3.97. The summed E-state index contributed by atoms with van der Waals surface area (Å²) in [6, 6.07) is 40.0. The van der Waals surface area contributed by atoms with Crippen LogP contribution in [0.5, 0.6) is 0 Å². The number of hydrogen-bond donors (Lipinski definition) is 0. The van der Waals surface area contributed by atoms with Crippen LogP contribution >= 0.6 is 0 Å². The minimum absolute atomic E-state index is 0.0720. The van der Waals surface area contributed by atoms with E-state index in [0.717, 1.165) is 28.1 Å². The zero-order chi connectivity index (χ0) is 21.8. The van der Waals surface area contributed by atoms with Gasteiger partial charge in [-0.2, -0.15) is 0 Å². The van der Waals surface area contributed by atoms with Crippen molar-refractivity contribution in [3.8, 4) is 0 Å². The second kappa shape index (κ2) is 9.03. The normalized spacial score (nSPS) is 18.3. The highest BCUT2D eigenvalue weighted by atomic mass is 16.2. The number of carbonyl (C=O) groups is 1. The molecule has 0 aromatic heterocycles. The highest BCUT2D eigenvalue weighted by molar-refractivity contribution is 6.11. The number of aliphatic imine (C=N–C) groups is 1. The predicted octanol–water partition coefficient (Wildman–Crippen LogP) is 6.00. The lowest BCUT2D eigenvalue weighted by Gasteiger charge is -2.37. The van der Waals surface area contributed by atoms with Gasteiger partial charge in [-0.3, -0.25) is 14.7 Å². The monoisotopic (exact) mass is 416 g/mol. The Bertz CT molecular complexity index is 1210. The summed E-state index contributed by atoms with van der Waals surface area (Å²) in [6.45, 7) is 0.484. The van der Waals surface area contributed by atoms with E-state index in [9.17, 15) is 4.79 Å². The number of nitrogens with zero attached hydrogens (tertiary/aromatic N) is 2. The molecule has 0 N–H and O–H groups in total. The van der Waals surface area contributed by atoms with E-state index < -0.39 is 0 Å². The maximum Gasteiger partial charge on any atom is 0.238 e. The van der Waals surface area contributed by atoms with Gasteiger partial charge in [-0.05, 0) is 16.7 Å². The van der Waals surface area contributed by atoms with Crippen molar-refractivity contribution < 1.29 is 4.79 Å². The molecule has 5 rings (SSSR count). The average molecular weight is 417 g/mol. The largest absolute Gasteiger partial charge is 0.291 e. The van der Waals surface area contributed by atoms with E-state index in [4.69, 9.17) is 4.99 Å². The van der Waals surface area contributed by atoms with Crippen LogP contribution in [-0.2, 0) is 11.3 Å². The van der Waals surface area contributed by atoms with Gasteiger partial charge in [-0.1, -0.05) is 121 Å². The fraction of sp³-hybridized carbons (Fsp3) is 0.103. The topological polar surface area (TPSA) is 32.7 Å². The van der Waals surface area contributed by atoms with Crippen LogP contribution in [0.3, 0.4) is 0 Å². The zero-order valence-electron chi connectivity index (χ0n) is 17.7. The van der Waals surface area contributed by atoms with E-state index in [0.29, 0.717) is 6.54 Å². The van der Waals surface area contributed by atoms with E-state index >= 15 is 0 Å². The Labute approximate surface area is 188 Å². The fourth-order valence-corrected chi connectivity index (χ4v) is 4.32. The van der Waals surface area contributed by atoms with Crippen LogP contribution in [0.2, 0.25) is 0 Å². The Balaban J connectivity index is 1.68. The fourth-order valence-electron chi connectivity index (χ4n) is 4.32. The summed E-state index contributed by atoms with van der Waals surface area (Å²) < 4.78 is 0. The first-order valence-corrected chi connectivity index (χ1v) is 10.9. The van der Waals surface area contributed by atoms with Gasteiger partial charge in [0.1, 0.15) is 5.84 Å². The molecule has 0 spiro atoms. The third-order valence-corrected chi connectivity index (χ3v) is 5.88. The molecule has 32 heavy (non-hydrogen) atoms. The van der Waals surface area contributed by atoms with Crippen molar-refractivity contribution in [1.82, 2.24) is 4.90 Å². The van der Waals surface area contributed by atoms with Crippen LogP contribution in [0.1, 0.15) is 34.2 Å². The van der Waals surface area contributed by atoms with Crippen molar-refractivity contribution in [3.05, 3.63) is 144 Å². The average Bonchev–Trinajstić information content (AvgIpc) is 2.87. The second-order valence-electron chi connectivity index (χ2n) is 7.97. The van der Waals surface area contributed by atoms with Crippen molar-refractivity contribution >= 4 is 11.7 Å². The van der Waals surface area contributed by atoms with Crippen LogP contribution in [-0.4, -0.2) is 16.6 Å². The van der Waals surface area contributed by atoms with Crippen molar-refractivity contribution in [2.24, 2.45) is 4.99 Å². The summed E-state index contributed by atoms with van der Waals surface area (Å²) in [6.07, 6.45) is 0. The molecule has 3 nitrogen and oxygen atoms in total. The number of hydrogen-bond acceptors (Lipinski definition) is 2. The van der Waals surface area contributed by atoms with Gasteiger partial charge in [-0.15, -0.1) is 0 Å². The second-order valence-corrected chi connectivity index (χ2v) is 7.97. The molecule has 1 aliphatic heterocycles. The standard InChI is InChI=1S/C29H24N2O/c32-29-26(23-15-7-2-8-16-23)27(24-17-9-3-10-18-24)30-28(25-19-11-4-12-20-25)31(29)21-22-13-5-1-6-14-22/h1-20,26-27H,21H2/t26-,27-/m1/s1. The molecular weight excluding hydrogens is 392 g/mol. The van der Waals surface area contributed by atoms with Crippen molar-refractivity contribution in [1.29, 1.82) is 0 Å². The maximum atomic E-state index is 14.1. The highest BCUT2D eigenvalue weighted by Gasteiger charge is 2.40. The molecule has 2 atom stereocenters. The summed E-state index contributed by atoms with van der Waals surface area (Å²) in [7, 11) is 0. The minimum Gasteiger partial charge on any atom is -0.291 e. The molecule has 156 valence electrons. The lowest BCUT2D eigenvalue weighted by Crippen LogP contribution is -2.45. The number of amidine groups is 1. The summed E-state index contributed by atoms with van der Waals surface area (Å²) >= 11 is 0. The maximum absolute atomic E-state index is 14.1. The molecule has 0 bridgehead atoms. The summed E-state index contributed by atoms with van der Waals surface area (Å²) in [4.78, 5) is 21.2. The van der Waals surface area contributed by atoms with Crippen LogP contribution in [0, 0.1) is 0 Å². The lowest BCUT2D eigenvalue weighted by atomic mass is 9.84. The van der Waals surface area contributed by atoms with Crippen molar-refractivity contribution in [2.75, 3.05) is 0 Å². The quantitative estimate of drug-likeness (QED) is 0.393. The smallest absolute Gasteiger partial charge is 0.238 e. The Morgan fingerprint density at radius 2 is 1.12 bits per heavy atom. The molecule has 4 aromatic carbocycles. The molecule has 1 amide bonds. The van der Waals surface area contributed by atoms with Crippen LogP contribution in [0.25, 0.3) is 0 Å². The van der Waals surface area contributed by atoms with Gasteiger partial charge in [0, 0.05) is 5.56 Å². The molecule has 3 heteroatoms. The van der Waals surface area contributed by atoms with Gasteiger partial charge in [0.15, 0.2) is 0 Å². The number of amides is 1. The summed E-state index contributed by atoms with van der Waals surface area (Å²) in [5.41, 5.74) is 4.06. The van der Waals surface area contributed by atoms with Gasteiger partial charge in [0.25, 0.3) is 0 Å². The SMILES string of the molecule is O=C1[C@H](c2ccccc2)[C@@H](c2ccccc2)N=C(c2ccccc2)N1Cc1ccccc1. The predicted molar refractivity (Wildman–Crippen MR) is 128 cm³/mol. The van der Waals surface area contributed by atoms with Gasteiger partial charge in [-0.25, -0.2) is 0 Å². The molecule has 1 aliphatic rings. The highest BCUT2D eigenvalue weighted by Crippen LogP contribution is 2.40. The third-order valence-electron chi connectivity index (χ3n) is 5.88. The zero-order valence-corrected chi connectivity index (χ0v) is 17.7. The molecule has 0 saturated heterocycles. The Morgan fingerprint density at radius 1 is 0.625 bits per heavy atom. The molecule has 0 unspecified atom stereocenters. The van der Waals surface area contributed by atoms with E-state index in [-0.39, 0.29) is 17.9 Å². The first-order chi connectivity index (χ1) is 15.8. The first kappa shape index (κ1) is 20.0. The number of rotatable bonds is 5. The van der Waals surface area contributed by atoms with Crippen LogP contribution < -0.4 is 0 Å². The Kier molecular flexibility index (Phi) is 5.63. The number of benzene rings is 4. The van der Waals surface area contributed by atoms with E-state index in [1.165, 1.54) is 0 Å². The molecule has 0 radical (unpaired) electrons. The molecule has 0 saturated carbocycles. The summed E-state index contributed by atoms with van der Waals surface area (Å²) in [5.74, 6) is 0.415. The molecule has 0 aliphatic carbocycles. The van der Waals surface area contributed by atoms with Gasteiger partial charge < -0.3 is 0 Å². The molecular formula is C29H24N2O. The first-order valence-electron chi connectivity index (χ1n) is 10.9. The van der Waals surface area contributed by atoms with Gasteiger partial charge in [0.05, 0.1) is 18.5 Å². The molecule has 4 aromatic rings. The van der Waals surface area contributed by atoms with E-state index in [1.54, 1.807) is 0 Å². The van der Waals surface area contributed by atoms with Crippen molar-refractivity contribution in [3.63, 3.8) is 0 Å². The minimum atomic E-state index is -0.380. The Morgan fingerprint density at radius 3 is 1.72 bits per heavy atom. The lowest BCUT2D eigenvalue weighted by molar-refractivity contribution is -0.130.